The standard InChI is InChI=1S/C23H23N3OS2/c1-14(2)28-23-24-21-20(17-11-12-25(3)13-19(17)29-21)22(27)26(23)18-10-6-8-15-7-4-5-9-16(15)18/h4-10,14H,11-13H2,1-3H3/p+1. The number of likely N-dealkylation sites (N-methyl/N-ethyl adjacent to an activating group) is 1. The van der Waals surface area contributed by atoms with E-state index in [1.165, 1.54) is 15.3 Å². The first-order chi connectivity index (χ1) is 14.0. The van der Waals surface area contributed by atoms with Crippen molar-refractivity contribution < 1.29 is 4.90 Å². The molecule has 1 atom stereocenters. The van der Waals surface area contributed by atoms with E-state index >= 15 is 0 Å². The normalized spacial score (nSPS) is 16.6. The second-order valence-electron chi connectivity index (χ2n) is 8.02. The lowest BCUT2D eigenvalue weighted by molar-refractivity contribution is -0.895. The maximum absolute atomic E-state index is 13.9. The maximum atomic E-state index is 13.9. The van der Waals surface area contributed by atoms with Crippen molar-refractivity contribution in [2.75, 3.05) is 13.6 Å². The van der Waals surface area contributed by atoms with Gasteiger partial charge >= 0.3 is 0 Å². The van der Waals surface area contributed by atoms with Gasteiger partial charge < -0.3 is 4.90 Å². The molecule has 5 rings (SSSR count). The van der Waals surface area contributed by atoms with E-state index in [9.17, 15) is 4.79 Å². The molecule has 6 heteroatoms. The molecule has 0 radical (unpaired) electrons. The van der Waals surface area contributed by atoms with E-state index in [2.05, 4.69) is 39.1 Å². The fourth-order valence-electron chi connectivity index (χ4n) is 4.15. The molecule has 0 spiro atoms. The molecule has 0 bridgehead atoms. The van der Waals surface area contributed by atoms with Crippen LogP contribution in [0.15, 0.2) is 52.4 Å². The Bertz CT molecular complexity index is 1280. The molecule has 1 aliphatic heterocycles. The van der Waals surface area contributed by atoms with Crippen LogP contribution in [-0.4, -0.2) is 28.4 Å². The Labute approximate surface area is 178 Å². The molecule has 2 aromatic carbocycles. The van der Waals surface area contributed by atoms with Crippen molar-refractivity contribution in [1.82, 2.24) is 9.55 Å². The van der Waals surface area contributed by atoms with Crippen molar-refractivity contribution in [2.45, 2.75) is 37.2 Å². The summed E-state index contributed by atoms with van der Waals surface area (Å²) in [6.45, 7) is 6.34. The first-order valence-electron chi connectivity index (χ1n) is 10.1. The number of hydrogen-bond donors (Lipinski definition) is 1. The maximum Gasteiger partial charge on any atom is 0.267 e. The molecule has 29 heavy (non-hydrogen) atoms. The molecule has 0 amide bonds. The number of nitrogens with zero attached hydrogens (tertiary/aromatic N) is 2. The molecular formula is C23H24N3OS2+. The largest absolute Gasteiger partial charge is 0.333 e. The van der Waals surface area contributed by atoms with E-state index in [0.717, 1.165) is 51.3 Å². The lowest BCUT2D eigenvalue weighted by atomic mass is 10.1. The molecule has 3 heterocycles. The summed E-state index contributed by atoms with van der Waals surface area (Å²) in [6.07, 6.45) is 0.949. The van der Waals surface area contributed by atoms with Crippen molar-refractivity contribution in [3.8, 4) is 5.69 Å². The molecule has 0 saturated carbocycles. The zero-order valence-electron chi connectivity index (χ0n) is 16.9. The predicted molar refractivity (Wildman–Crippen MR) is 123 cm³/mol. The number of benzene rings is 2. The van der Waals surface area contributed by atoms with Gasteiger partial charge in [-0.05, 0) is 17.0 Å². The van der Waals surface area contributed by atoms with Crippen molar-refractivity contribution in [2.24, 2.45) is 0 Å². The molecule has 4 nitrogen and oxygen atoms in total. The zero-order valence-corrected chi connectivity index (χ0v) is 18.5. The number of quaternary nitrogens is 1. The second-order valence-corrected chi connectivity index (χ2v) is 10.6. The summed E-state index contributed by atoms with van der Waals surface area (Å²) < 4.78 is 1.85. The Morgan fingerprint density at radius 3 is 2.79 bits per heavy atom. The number of thiophene rings is 1. The van der Waals surface area contributed by atoms with Gasteiger partial charge in [-0.2, -0.15) is 0 Å². The van der Waals surface area contributed by atoms with Crippen LogP contribution >= 0.6 is 23.1 Å². The highest BCUT2D eigenvalue weighted by Crippen LogP contribution is 2.33. The highest BCUT2D eigenvalue weighted by Gasteiger charge is 2.26. The fourth-order valence-corrected chi connectivity index (χ4v) is 6.38. The van der Waals surface area contributed by atoms with Crippen LogP contribution in [0.5, 0.6) is 0 Å². The summed E-state index contributed by atoms with van der Waals surface area (Å²) in [6, 6.07) is 14.4. The third-order valence-electron chi connectivity index (χ3n) is 5.49. The van der Waals surface area contributed by atoms with Crippen LogP contribution in [0.25, 0.3) is 26.7 Å². The Balaban J connectivity index is 1.86. The first kappa shape index (κ1) is 18.9. The molecule has 148 valence electrons. The molecule has 2 aromatic heterocycles. The van der Waals surface area contributed by atoms with Crippen LogP contribution in [-0.2, 0) is 13.0 Å². The summed E-state index contributed by atoms with van der Waals surface area (Å²) in [5, 5.41) is 4.17. The van der Waals surface area contributed by atoms with Gasteiger partial charge in [0.25, 0.3) is 5.56 Å². The Hall–Kier alpha value is -2.15. The molecule has 1 N–H and O–H groups in total. The molecule has 0 saturated heterocycles. The Kier molecular flexibility index (Phi) is 4.73. The first-order valence-corrected chi connectivity index (χ1v) is 11.8. The number of rotatable bonds is 3. The summed E-state index contributed by atoms with van der Waals surface area (Å²) in [5.74, 6) is 0. The van der Waals surface area contributed by atoms with Gasteiger partial charge in [0.05, 0.1) is 29.5 Å². The van der Waals surface area contributed by atoms with Gasteiger partial charge in [0.1, 0.15) is 11.4 Å². The van der Waals surface area contributed by atoms with Crippen LogP contribution in [0.2, 0.25) is 0 Å². The van der Waals surface area contributed by atoms with Crippen molar-refractivity contribution in [3.63, 3.8) is 0 Å². The number of thioether (sulfide) groups is 1. The number of hydrogen-bond acceptors (Lipinski definition) is 4. The van der Waals surface area contributed by atoms with Crippen LogP contribution in [0, 0.1) is 0 Å². The topological polar surface area (TPSA) is 39.3 Å². The Morgan fingerprint density at radius 1 is 1.17 bits per heavy atom. The summed E-state index contributed by atoms with van der Waals surface area (Å²) in [7, 11) is 2.22. The third-order valence-corrected chi connectivity index (χ3v) is 7.57. The van der Waals surface area contributed by atoms with Gasteiger partial charge in [-0.15, -0.1) is 11.3 Å². The van der Waals surface area contributed by atoms with Crippen LogP contribution in [0.1, 0.15) is 24.3 Å². The van der Waals surface area contributed by atoms with Crippen molar-refractivity contribution in [1.29, 1.82) is 0 Å². The lowest BCUT2D eigenvalue weighted by Gasteiger charge is -2.19. The average molecular weight is 423 g/mol. The number of fused-ring (bicyclic) bond motifs is 4. The predicted octanol–water partition coefficient (Wildman–Crippen LogP) is 3.67. The lowest BCUT2D eigenvalue weighted by Crippen LogP contribution is -3.08. The summed E-state index contributed by atoms with van der Waals surface area (Å²) >= 11 is 3.37. The van der Waals surface area contributed by atoms with E-state index in [4.69, 9.17) is 4.98 Å². The second kappa shape index (κ2) is 7.27. The van der Waals surface area contributed by atoms with E-state index < -0.39 is 0 Å². The van der Waals surface area contributed by atoms with Crippen LogP contribution in [0.3, 0.4) is 0 Å². The number of aromatic nitrogens is 2. The minimum atomic E-state index is 0.0755. The van der Waals surface area contributed by atoms with Crippen LogP contribution in [0.4, 0.5) is 0 Å². The monoisotopic (exact) mass is 422 g/mol. The minimum absolute atomic E-state index is 0.0755. The van der Waals surface area contributed by atoms with Gasteiger partial charge in [-0.1, -0.05) is 62.0 Å². The van der Waals surface area contributed by atoms with E-state index in [0.29, 0.717) is 5.25 Å². The molecule has 1 unspecified atom stereocenters. The number of nitrogens with one attached hydrogen (secondary N) is 1. The van der Waals surface area contributed by atoms with E-state index in [1.54, 1.807) is 23.1 Å². The average Bonchev–Trinajstić information content (AvgIpc) is 3.05. The van der Waals surface area contributed by atoms with Gasteiger partial charge in [0.2, 0.25) is 0 Å². The third kappa shape index (κ3) is 3.19. The van der Waals surface area contributed by atoms with Crippen LogP contribution < -0.4 is 10.5 Å². The Morgan fingerprint density at radius 2 is 1.97 bits per heavy atom. The summed E-state index contributed by atoms with van der Waals surface area (Å²) in [4.78, 5) is 22.6. The molecule has 0 fully saturated rings. The zero-order chi connectivity index (χ0) is 20.1. The van der Waals surface area contributed by atoms with E-state index in [-0.39, 0.29) is 5.56 Å². The van der Waals surface area contributed by atoms with Gasteiger partial charge in [-0.3, -0.25) is 9.36 Å². The van der Waals surface area contributed by atoms with Crippen molar-refractivity contribution in [3.05, 3.63) is 63.3 Å². The van der Waals surface area contributed by atoms with Crippen molar-refractivity contribution >= 4 is 44.1 Å². The highest BCUT2D eigenvalue weighted by atomic mass is 32.2. The van der Waals surface area contributed by atoms with Gasteiger partial charge in [0.15, 0.2) is 5.16 Å². The minimum Gasteiger partial charge on any atom is -0.333 e. The quantitative estimate of drug-likeness (QED) is 0.404. The SMILES string of the molecule is CC(C)Sc1nc2sc3c(c2c(=O)n1-c1cccc2ccccc12)CC[NH+](C)C3. The molecule has 0 aliphatic carbocycles. The van der Waals surface area contributed by atoms with Gasteiger partial charge in [0, 0.05) is 17.1 Å². The molecular weight excluding hydrogens is 398 g/mol. The van der Waals surface area contributed by atoms with Gasteiger partial charge in [-0.25, -0.2) is 4.98 Å². The summed E-state index contributed by atoms with van der Waals surface area (Å²) in [5.41, 5.74) is 2.22. The highest BCUT2D eigenvalue weighted by molar-refractivity contribution is 7.99. The molecule has 1 aliphatic rings. The smallest absolute Gasteiger partial charge is 0.267 e. The molecule has 4 aromatic rings. The van der Waals surface area contributed by atoms with E-state index in [1.807, 2.05) is 28.8 Å². The fraction of sp³-hybridized carbons (Fsp3) is 0.304.